The summed E-state index contributed by atoms with van der Waals surface area (Å²) in [6.45, 7) is 1.86. The molecule has 0 radical (unpaired) electrons. The number of aromatic nitrogens is 1. The molecule has 70 valence electrons. The summed E-state index contributed by atoms with van der Waals surface area (Å²) < 4.78 is 1.06. The van der Waals surface area contributed by atoms with Gasteiger partial charge in [0.1, 0.15) is 16.0 Å². The fraction of sp³-hybridized carbons (Fsp3) is 0.111. The minimum Gasteiger partial charge on any atom is -0.239 e. The smallest absolute Gasteiger partial charge is 0.134 e. The Balaban J connectivity index is 2.48. The number of nitriles is 1. The van der Waals surface area contributed by atoms with E-state index in [-0.39, 0.29) is 0 Å². The van der Waals surface area contributed by atoms with Crippen LogP contribution in [-0.2, 0) is 0 Å². The van der Waals surface area contributed by atoms with Crippen molar-refractivity contribution in [3.63, 3.8) is 0 Å². The van der Waals surface area contributed by atoms with E-state index >= 15 is 0 Å². The van der Waals surface area contributed by atoms with Crippen molar-refractivity contribution in [3.05, 3.63) is 26.5 Å². The molecule has 0 aromatic carbocycles. The molecule has 0 saturated heterocycles. The van der Waals surface area contributed by atoms with Gasteiger partial charge in [-0.05, 0) is 28.9 Å². The van der Waals surface area contributed by atoms with Crippen LogP contribution in [-0.4, -0.2) is 4.98 Å². The van der Waals surface area contributed by atoms with Crippen molar-refractivity contribution in [2.24, 2.45) is 0 Å². The first kappa shape index (κ1) is 9.84. The van der Waals surface area contributed by atoms with Crippen LogP contribution in [0.25, 0.3) is 9.88 Å². The Morgan fingerprint density at radius 3 is 2.86 bits per heavy atom. The maximum Gasteiger partial charge on any atom is 0.134 e. The van der Waals surface area contributed by atoms with Crippen molar-refractivity contribution >= 4 is 38.6 Å². The minimum atomic E-state index is 0.699. The fourth-order valence-corrected chi connectivity index (χ4v) is 3.38. The van der Waals surface area contributed by atoms with Gasteiger partial charge in [0.15, 0.2) is 0 Å². The van der Waals surface area contributed by atoms with E-state index < -0.39 is 0 Å². The summed E-state index contributed by atoms with van der Waals surface area (Å²) in [5, 5.41) is 11.7. The lowest BCUT2D eigenvalue weighted by atomic mass is 10.4. The maximum atomic E-state index is 8.80. The molecule has 2 nitrogen and oxygen atoms in total. The Labute approximate surface area is 98.0 Å². The number of rotatable bonds is 1. The molecule has 5 heteroatoms. The Bertz CT molecular complexity index is 507. The summed E-state index contributed by atoms with van der Waals surface area (Å²) >= 11 is 6.46. The standard InChI is InChI=1S/C9H5BrN2S2/c1-5-8(3-11)14-9(12-5)7-2-6(10)4-13-7/h2,4H,1H3. The molecule has 0 fully saturated rings. The van der Waals surface area contributed by atoms with Crippen LogP contribution < -0.4 is 0 Å². The Morgan fingerprint density at radius 1 is 1.57 bits per heavy atom. The average Bonchev–Trinajstić information content (AvgIpc) is 2.71. The molecule has 0 bridgehead atoms. The van der Waals surface area contributed by atoms with Gasteiger partial charge in [-0.15, -0.1) is 22.7 Å². The molecule has 2 heterocycles. The second-order valence-electron chi connectivity index (χ2n) is 2.67. The first-order chi connectivity index (χ1) is 6.70. The molecule has 2 aromatic heterocycles. The highest BCUT2D eigenvalue weighted by molar-refractivity contribution is 9.10. The summed E-state index contributed by atoms with van der Waals surface area (Å²) in [6, 6.07) is 4.16. The molecule has 0 unspecified atom stereocenters. The highest BCUT2D eigenvalue weighted by Crippen LogP contribution is 2.33. The van der Waals surface area contributed by atoms with Gasteiger partial charge in [0.2, 0.25) is 0 Å². The third kappa shape index (κ3) is 1.73. The highest BCUT2D eigenvalue weighted by atomic mass is 79.9. The number of thiophene rings is 1. The van der Waals surface area contributed by atoms with Crippen molar-refractivity contribution in [3.8, 4) is 16.0 Å². The fourth-order valence-electron chi connectivity index (χ4n) is 1.03. The molecule has 2 aromatic rings. The molecule has 2 rings (SSSR count). The van der Waals surface area contributed by atoms with Crippen molar-refractivity contribution in [2.45, 2.75) is 6.92 Å². The summed E-state index contributed by atoms with van der Waals surface area (Å²) in [4.78, 5) is 6.15. The van der Waals surface area contributed by atoms with Crippen LogP contribution in [0.5, 0.6) is 0 Å². The minimum absolute atomic E-state index is 0.699. The van der Waals surface area contributed by atoms with Gasteiger partial charge in [0.25, 0.3) is 0 Å². The van der Waals surface area contributed by atoms with Crippen molar-refractivity contribution in [2.75, 3.05) is 0 Å². The van der Waals surface area contributed by atoms with E-state index in [1.54, 1.807) is 11.3 Å². The molecule has 0 atom stereocenters. The van der Waals surface area contributed by atoms with Crippen LogP contribution in [0.3, 0.4) is 0 Å². The number of thiazole rings is 1. The topological polar surface area (TPSA) is 36.7 Å². The molecular formula is C9H5BrN2S2. The van der Waals surface area contributed by atoms with Gasteiger partial charge in [0, 0.05) is 9.85 Å². The molecule has 0 saturated carbocycles. The van der Waals surface area contributed by atoms with Crippen LogP contribution in [0.2, 0.25) is 0 Å². The summed E-state index contributed by atoms with van der Waals surface area (Å²) in [5.74, 6) is 0. The van der Waals surface area contributed by atoms with Crippen molar-refractivity contribution in [1.29, 1.82) is 5.26 Å². The predicted molar refractivity (Wildman–Crippen MR) is 62.6 cm³/mol. The van der Waals surface area contributed by atoms with E-state index in [4.69, 9.17) is 5.26 Å². The second kappa shape index (κ2) is 3.81. The van der Waals surface area contributed by atoms with E-state index in [9.17, 15) is 0 Å². The summed E-state index contributed by atoms with van der Waals surface area (Å²) in [6.07, 6.45) is 0. The zero-order valence-electron chi connectivity index (χ0n) is 7.24. The van der Waals surface area contributed by atoms with E-state index in [0.717, 1.165) is 20.1 Å². The summed E-state index contributed by atoms with van der Waals surface area (Å²) in [5.41, 5.74) is 0.817. The Morgan fingerprint density at radius 2 is 2.36 bits per heavy atom. The van der Waals surface area contributed by atoms with Crippen LogP contribution >= 0.6 is 38.6 Å². The molecule has 14 heavy (non-hydrogen) atoms. The van der Waals surface area contributed by atoms with Gasteiger partial charge in [0.05, 0.1) is 10.6 Å². The summed E-state index contributed by atoms with van der Waals surface area (Å²) in [7, 11) is 0. The van der Waals surface area contributed by atoms with Crippen LogP contribution in [0.1, 0.15) is 10.6 Å². The molecule has 0 N–H and O–H groups in total. The van der Waals surface area contributed by atoms with Crippen molar-refractivity contribution in [1.82, 2.24) is 4.98 Å². The molecule has 0 spiro atoms. The van der Waals surface area contributed by atoms with Gasteiger partial charge in [-0.25, -0.2) is 4.98 Å². The highest BCUT2D eigenvalue weighted by Gasteiger charge is 2.10. The normalized spacial score (nSPS) is 10.1. The Kier molecular flexibility index (Phi) is 2.68. The lowest BCUT2D eigenvalue weighted by Gasteiger charge is -1.84. The van der Waals surface area contributed by atoms with Gasteiger partial charge in [-0.2, -0.15) is 5.26 Å². The monoisotopic (exact) mass is 284 g/mol. The van der Waals surface area contributed by atoms with E-state index in [1.165, 1.54) is 11.3 Å². The number of aryl methyl sites for hydroxylation is 1. The zero-order chi connectivity index (χ0) is 10.1. The van der Waals surface area contributed by atoms with Crippen LogP contribution in [0, 0.1) is 18.3 Å². The third-order valence-electron chi connectivity index (χ3n) is 1.68. The molecule has 0 aliphatic rings. The van der Waals surface area contributed by atoms with Gasteiger partial charge in [-0.1, -0.05) is 0 Å². The number of halogens is 1. The number of nitrogens with zero attached hydrogens (tertiary/aromatic N) is 2. The third-order valence-corrected chi connectivity index (χ3v) is 4.60. The molecule has 0 aliphatic heterocycles. The maximum absolute atomic E-state index is 8.80. The zero-order valence-corrected chi connectivity index (χ0v) is 10.5. The lowest BCUT2D eigenvalue weighted by molar-refractivity contribution is 1.26. The van der Waals surface area contributed by atoms with E-state index in [0.29, 0.717) is 4.88 Å². The Hall–Kier alpha value is -0.700. The first-order valence-corrected chi connectivity index (χ1v) is 6.31. The van der Waals surface area contributed by atoms with Gasteiger partial charge in [-0.3, -0.25) is 0 Å². The number of hydrogen-bond donors (Lipinski definition) is 0. The molecular weight excluding hydrogens is 280 g/mol. The van der Waals surface area contributed by atoms with E-state index in [2.05, 4.69) is 27.0 Å². The first-order valence-electron chi connectivity index (χ1n) is 3.82. The lowest BCUT2D eigenvalue weighted by Crippen LogP contribution is -1.73. The van der Waals surface area contributed by atoms with Gasteiger partial charge < -0.3 is 0 Å². The van der Waals surface area contributed by atoms with Crippen molar-refractivity contribution < 1.29 is 0 Å². The second-order valence-corrected chi connectivity index (χ2v) is 5.50. The van der Waals surface area contributed by atoms with Crippen LogP contribution in [0.15, 0.2) is 15.9 Å². The van der Waals surface area contributed by atoms with E-state index in [1.807, 2.05) is 18.4 Å². The average molecular weight is 285 g/mol. The van der Waals surface area contributed by atoms with Gasteiger partial charge >= 0.3 is 0 Å². The number of hydrogen-bond acceptors (Lipinski definition) is 4. The molecule has 0 aliphatic carbocycles. The quantitative estimate of drug-likeness (QED) is 0.798. The molecule has 0 amide bonds. The van der Waals surface area contributed by atoms with Crippen LogP contribution in [0.4, 0.5) is 0 Å². The largest absolute Gasteiger partial charge is 0.239 e. The predicted octanol–water partition coefficient (Wildman–Crippen LogP) is 3.81. The SMILES string of the molecule is Cc1nc(-c2cc(Br)cs2)sc1C#N.